The smallest absolute Gasteiger partial charge is 0.240 e. The highest BCUT2D eigenvalue weighted by atomic mass is 32.2. The Morgan fingerprint density at radius 2 is 1.90 bits per heavy atom. The van der Waals surface area contributed by atoms with E-state index in [9.17, 15) is 12.8 Å². The van der Waals surface area contributed by atoms with Gasteiger partial charge in [-0.3, -0.25) is 0 Å². The summed E-state index contributed by atoms with van der Waals surface area (Å²) in [4.78, 5) is -0.102. The molecule has 1 aliphatic carbocycles. The quantitative estimate of drug-likeness (QED) is 0.832. The SMILES string of the molecule is CSC1CCC(NS(=O)(=O)c2cc(N)c(C)c(F)c2)CC1. The van der Waals surface area contributed by atoms with E-state index in [0.29, 0.717) is 5.25 Å². The number of sulfonamides is 1. The molecule has 1 aromatic rings. The molecule has 0 unspecified atom stereocenters. The summed E-state index contributed by atoms with van der Waals surface area (Å²) in [5.41, 5.74) is 6.08. The molecule has 0 heterocycles. The minimum atomic E-state index is -3.72. The number of rotatable bonds is 4. The van der Waals surface area contributed by atoms with E-state index >= 15 is 0 Å². The van der Waals surface area contributed by atoms with E-state index in [1.54, 1.807) is 0 Å². The van der Waals surface area contributed by atoms with Gasteiger partial charge in [0.1, 0.15) is 5.82 Å². The summed E-state index contributed by atoms with van der Waals surface area (Å²) in [5.74, 6) is -0.596. The van der Waals surface area contributed by atoms with Crippen molar-refractivity contribution >= 4 is 27.5 Å². The van der Waals surface area contributed by atoms with Gasteiger partial charge in [-0.05, 0) is 51.0 Å². The number of nitrogens with one attached hydrogen (secondary N) is 1. The Morgan fingerprint density at radius 3 is 2.43 bits per heavy atom. The third kappa shape index (κ3) is 3.90. The summed E-state index contributed by atoms with van der Waals surface area (Å²) in [7, 11) is -3.72. The second-order valence-electron chi connectivity index (χ2n) is 5.45. The summed E-state index contributed by atoms with van der Waals surface area (Å²) >= 11 is 1.82. The highest BCUT2D eigenvalue weighted by molar-refractivity contribution is 7.99. The monoisotopic (exact) mass is 332 g/mol. The Kier molecular flexibility index (Phi) is 5.16. The second kappa shape index (κ2) is 6.54. The van der Waals surface area contributed by atoms with Gasteiger partial charge in [0.15, 0.2) is 0 Å². The Morgan fingerprint density at radius 1 is 1.29 bits per heavy atom. The van der Waals surface area contributed by atoms with Crippen molar-refractivity contribution < 1.29 is 12.8 Å². The molecule has 1 aromatic carbocycles. The molecule has 7 heteroatoms. The van der Waals surface area contributed by atoms with Gasteiger partial charge in [-0.25, -0.2) is 17.5 Å². The molecule has 0 aliphatic heterocycles. The van der Waals surface area contributed by atoms with Crippen molar-refractivity contribution in [3.8, 4) is 0 Å². The van der Waals surface area contributed by atoms with Crippen LogP contribution in [0.1, 0.15) is 31.2 Å². The lowest BCUT2D eigenvalue weighted by Crippen LogP contribution is -2.38. The molecule has 0 bridgehead atoms. The molecule has 0 spiro atoms. The van der Waals surface area contributed by atoms with Crippen molar-refractivity contribution in [2.45, 2.75) is 48.8 Å². The minimum absolute atomic E-state index is 0.0796. The molecule has 1 fully saturated rings. The first-order chi connectivity index (χ1) is 9.83. The highest BCUT2D eigenvalue weighted by Gasteiger charge is 2.26. The molecule has 0 atom stereocenters. The van der Waals surface area contributed by atoms with Gasteiger partial charge >= 0.3 is 0 Å². The lowest BCUT2D eigenvalue weighted by molar-refractivity contribution is 0.420. The largest absolute Gasteiger partial charge is 0.398 e. The molecule has 4 nitrogen and oxygen atoms in total. The van der Waals surface area contributed by atoms with E-state index in [4.69, 9.17) is 5.73 Å². The maximum absolute atomic E-state index is 13.7. The summed E-state index contributed by atoms with van der Waals surface area (Å²) < 4.78 is 41.0. The standard InChI is InChI=1S/C14H21FN2O2S2/c1-9-13(15)7-12(8-14(9)16)21(18,19)17-10-3-5-11(20-2)6-4-10/h7-8,10-11,17H,3-6,16H2,1-2H3. The van der Waals surface area contributed by atoms with Crippen molar-refractivity contribution in [3.05, 3.63) is 23.5 Å². The molecule has 118 valence electrons. The zero-order valence-electron chi connectivity index (χ0n) is 12.2. The van der Waals surface area contributed by atoms with E-state index in [-0.39, 0.29) is 22.2 Å². The van der Waals surface area contributed by atoms with Gasteiger partial charge in [-0.15, -0.1) is 0 Å². The Bertz CT molecular complexity index is 588. The predicted octanol–water partition coefficient (Wildman–Crippen LogP) is 2.67. The van der Waals surface area contributed by atoms with Crippen molar-refractivity contribution in [2.75, 3.05) is 12.0 Å². The van der Waals surface area contributed by atoms with Gasteiger partial charge in [0.2, 0.25) is 10.0 Å². The van der Waals surface area contributed by atoms with Crippen LogP contribution in [0.5, 0.6) is 0 Å². The summed E-state index contributed by atoms with van der Waals surface area (Å²) in [6, 6.07) is 2.26. The number of benzene rings is 1. The summed E-state index contributed by atoms with van der Waals surface area (Å²) in [6.07, 6.45) is 5.70. The van der Waals surface area contributed by atoms with Gasteiger partial charge < -0.3 is 5.73 Å². The first-order valence-electron chi connectivity index (χ1n) is 6.94. The molecule has 1 saturated carbocycles. The number of thioether (sulfide) groups is 1. The maximum Gasteiger partial charge on any atom is 0.240 e. The number of nitrogens with two attached hydrogens (primary N) is 1. The number of halogens is 1. The number of hydrogen-bond acceptors (Lipinski definition) is 4. The molecule has 0 aromatic heterocycles. The fraction of sp³-hybridized carbons (Fsp3) is 0.571. The third-order valence-corrected chi connectivity index (χ3v) is 6.64. The van der Waals surface area contributed by atoms with Crippen LogP contribution in [0.2, 0.25) is 0 Å². The van der Waals surface area contributed by atoms with E-state index < -0.39 is 15.8 Å². The predicted molar refractivity (Wildman–Crippen MR) is 85.4 cm³/mol. The first-order valence-corrected chi connectivity index (χ1v) is 9.71. The van der Waals surface area contributed by atoms with E-state index in [2.05, 4.69) is 11.0 Å². The number of anilines is 1. The molecule has 0 saturated heterocycles. The van der Waals surface area contributed by atoms with Crippen LogP contribution in [-0.4, -0.2) is 26.0 Å². The lowest BCUT2D eigenvalue weighted by Gasteiger charge is -2.27. The molecular formula is C14H21FN2O2S2. The molecular weight excluding hydrogens is 311 g/mol. The Hall–Kier alpha value is -0.790. The van der Waals surface area contributed by atoms with Gasteiger partial charge in [-0.1, -0.05) is 0 Å². The zero-order chi connectivity index (χ0) is 15.6. The number of nitrogen functional groups attached to an aromatic ring is 1. The summed E-state index contributed by atoms with van der Waals surface area (Å²) in [6.45, 7) is 1.53. The van der Waals surface area contributed by atoms with E-state index in [0.717, 1.165) is 31.7 Å². The topological polar surface area (TPSA) is 72.2 Å². The highest BCUT2D eigenvalue weighted by Crippen LogP contribution is 2.28. The van der Waals surface area contributed by atoms with Gasteiger partial charge in [0, 0.05) is 22.5 Å². The minimum Gasteiger partial charge on any atom is -0.398 e. The van der Waals surface area contributed by atoms with Crippen LogP contribution in [0, 0.1) is 12.7 Å². The van der Waals surface area contributed by atoms with Gasteiger partial charge in [0.05, 0.1) is 4.90 Å². The van der Waals surface area contributed by atoms with Gasteiger partial charge in [-0.2, -0.15) is 11.8 Å². The van der Waals surface area contributed by atoms with E-state index in [1.807, 2.05) is 11.8 Å². The van der Waals surface area contributed by atoms with Crippen molar-refractivity contribution in [3.63, 3.8) is 0 Å². The Labute approximate surface area is 129 Å². The molecule has 0 radical (unpaired) electrons. The summed E-state index contributed by atoms with van der Waals surface area (Å²) in [5, 5.41) is 0.609. The van der Waals surface area contributed by atoms with Crippen LogP contribution < -0.4 is 10.5 Å². The zero-order valence-corrected chi connectivity index (χ0v) is 13.9. The fourth-order valence-electron chi connectivity index (χ4n) is 2.53. The van der Waals surface area contributed by atoms with Gasteiger partial charge in [0.25, 0.3) is 0 Å². The van der Waals surface area contributed by atoms with Crippen LogP contribution in [-0.2, 0) is 10.0 Å². The van der Waals surface area contributed by atoms with Crippen LogP contribution >= 0.6 is 11.8 Å². The average molecular weight is 332 g/mol. The normalized spacial score (nSPS) is 23.2. The molecule has 2 rings (SSSR count). The molecule has 21 heavy (non-hydrogen) atoms. The third-order valence-electron chi connectivity index (χ3n) is 4.00. The van der Waals surface area contributed by atoms with Crippen molar-refractivity contribution in [1.29, 1.82) is 0 Å². The van der Waals surface area contributed by atoms with Crippen LogP contribution in [0.3, 0.4) is 0 Å². The molecule has 0 amide bonds. The fourth-order valence-corrected chi connectivity index (χ4v) is 4.63. The van der Waals surface area contributed by atoms with Crippen LogP contribution in [0.25, 0.3) is 0 Å². The van der Waals surface area contributed by atoms with E-state index in [1.165, 1.54) is 13.0 Å². The van der Waals surface area contributed by atoms with Crippen molar-refractivity contribution in [1.82, 2.24) is 4.72 Å². The lowest BCUT2D eigenvalue weighted by atomic mass is 9.96. The average Bonchev–Trinajstić information content (AvgIpc) is 2.44. The maximum atomic E-state index is 13.7. The first kappa shape index (κ1) is 16.6. The number of hydrogen-bond donors (Lipinski definition) is 2. The Balaban J connectivity index is 2.12. The van der Waals surface area contributed by atoms with Crippen molar-refractivity contribution in [2.24, 2.45) is 0 Å². The second-order valence-corrected chi connectivity index (χ2v) is 8.30. The molecule has 3 N–H and O–H groups in total. The molecule has 1 aliphatic rings. The van der Waals surface area contributed by atoms with Crippen LogP contribution in [0.4, 0.5) is 10.1 Å². The van der Waals surface area contributed by atoms with Crippen LogP contribution in [0.15, 0.2) is 17.0 Å².